The molecule has 0 aliphatic heterocycles. The molecule has 3 nitrogen and oxygen atoms in total. The summed E-state index contributed by atoms with van der Waals surface area (Å²) in [6.07, 6.45) is 0. The molecule has 3 heteroatoms. The van der Waals surface area contributed by atoms with E-state index >= 15 is 0 Å². The van der Waals surface area contributed by atoms with Gasteiger partial charge in [0, 0.05) is 18.7 Å². The lowest BCUT2D eigenvalue weighted by molar-refractivity contribution is 0.556. The summed E-state index contributed by atoms with van der Waals surface area (Å²) in [4.78, 5) is 0. The first-order chi connectivity index (χ1) is 6.48. The Hall–Kier alpha value is -0.830. The van der Waals surface area contributed by atoms with Crippen LogP contribution in [0.5, 0.6) is 0 Å². The van der Waals surface area contributed by atoms with E-state index in [9.17, 15) is 0 Å². The van der Waals surface area contributed by atoms with Gasteiger partial charge < -0.3 is 5.73 Å². The fourth-order valence-corrected chi connectivity index (χ4v) is 2.51. The van der Waals surface area contributed by atoms with Crippen LogP contribution < -0.4 is 5.73 Å². The Balaban J connectivity index is 2.26. The zero-order valence-corrected chi connectivity index (χ0v) is 9.41. The zero-order chi connectivity index (χ0) is 10.5. The van der Waals surface area contributed by atoms with Gasteiger partial charge in [-0.3, -0.25) is 4.68 Å². The van der Waals surface area contributed by atoms with Gasteiger partial charge in [-0.15, -0.1) is 0 Å². The van der Waals surface area contributed by atoms with E-state index in [0.717, 1.165) is 6.54 Å². The van der Waals surface area contributed by atoms with Gasteiger partial charge in [0.05, 0.1) is 5.69 Å². The summed E-state index contributed by atoms with van der Waals surface area (Å²) in [6.45, 7) is 7.41. The van der Waals surface area contributed by atoms with E-state index in [-0.39, 0.29) is 0 Å². The first-order valence-electron chi connectivity index (χ1n) is 5.19. The van der Waals surface area contributed by atoms with Crippen molar-refractivity contribution >= 4 is 0 Å². The van der Waals surface area contributed by atoms with Crippen LogP contribution in [-0.2, 0) is 7.05 Å². The predicted octanol–water partition coefficient (Wildman–Crippen LogP) is 1.43. The molecule has 0 amide bonds. The first-order valence-corrected chi connectivity index (χ1v) is 5.19. The second-order valence-corrected chi connectivity index (χ2v) is 4.98. The molecule has 2 atom stereocenters. The number of hydrogen-bond donors (Lipinski definition) is 1. The smallest absolute Gasteiger partial charge is 0.0667 e. The lowest BCUT2D eigenvalue weighted by atomic mass is 10.1. The fraction of sp³-hybridized carbons (Fsp3) is 0.727. The molecule has 1 fully saturated rings. The van der Waals surface area contributed by atoms with Crippen LogP contribution in [0.15, 0.2) is 6.07 Å². The van der Waals surface area contributed by atoms with Crippen LogP contribution in [-0.4, -0.2) is 16.3 Å². The average Bonchev–Trinajstić information content (AvgIpc) is 2.50. The van der Waals surface area contributed by atoms with Gasteiger partial charge in [0.2, 0.25) is 0 Å². The van der Waals surface area contributed by atoms with Crippen LogP contribution in [0.4, 0.5) is 0 Å². The molecule has 1 aliphatic carbocycles. The summed E-state index contributed by atoms with van der Waals surface area (Å²) >= 11 is 0. The SMILES string of the molecule is Cc1cc([C@H]2[C@H](CN)C2(C)C)nn1C. The molecule has 0 aromatic carbocycles. The highest BCUT2D eigenvalue weighted by molar-refractivity contribution is 5.27. The van der Waals surface area contributed by atoms with Crippen molar-refractivity contribution in [3.05, 3.63) is 17.5 Å². The standard InChI is InChI=1S/C11H19N3/c1-7-5-9(13-14(7)4)10-8(6-12)11(10,2)3/h5,8,10H,6,12H2,1-4H3/t8-,10+/m0/s1. The van der Waals surface area contributed by atoms with E-state index in [4.69, 9.17) is 5.73 Å². The second kappa shape index (κ2) is 2.83. The lowest BCUT2D eigenvalue weighted by Crippen LogP contribution is -2.05. The minimum absolute atomic E-state index is 0.343. The molecule has 1 heterocycles. The van der Waals surface area contributed by atoms with Gasteiger partial charge in [0.25, 0.3) is 0 Å². The third-order valence-corrected chi connectivity index (χ3v) is 3.76. The number of nitrogens with zero attached hydrogens (tertiary/aromatic N) is 2. The zero-order valence-electron chi connectivity index (χ0n) is 9.41. The monoisotopic (exact) mass is 193 g/mol. The maximum atomic E-state index is 5.75. The number of aromatic nitrogens is 2. The lowest BCUT2D eigenvalue weighted by Gasteiger charge is -1.98. The van der Waals surface area contributed by atoms with Crippen molar-refractivity contribution in [1.29, 1.82) is 0 Å². The quantitative estimate of drug-likeness (QED) is 0.772. The Morgan fingerprint density at radius 2 is 2.21 bits per heavy atom. The molecule has 0 unspecified atom stereocenters. The van der Waals surface area contributed by atoms with E-state index in [2.05, 4.69) is 31.9 Å². The molecule has 0 radical (unpaired) electrons. The van der Waals surface area contributed by atoms with Crippen LogP contribution in [0.25, 0.3) is 0 Å². The highest BCUT2D eigenvalue weighted by Gasteiger charge is 2.58. The van der Waals surface area contributed by atoms with Crippen molar-refractivity contribution in [2.75, 3.05) is 6.54 Å². The van der Waals surface area contributed by atoms with Gasteiger partial charge >= 0.3 is 0 Å². The van der Waals surface area contributed by atoms with Crippen LogP contribution in [0, 0.1) is 18.3 Å². The summed E-state index contributed by atoms with van der Waals surface area (Å²) < 4.78 is 1.94. The molecule has 1 aromatic rings. The summed E-state index contributed by atoms with van der Waals surface area (Å²) in [7, 11) is 1.99. The summed E-state index contributed by atoms with van der Waals surface area (Å²) in [5.74, 6) is 1.17. The summed E-state index contributed by atoms with van der Waals surface area (Å²) in [5, 5.41) is 4.53. The predicted molar refractivity (Wildman–Crippen MR) is 57.0 cm³/mol. The van der Waals surface area contributed by atoms with E-state index in [1.165, 1.54) is 11.4 Å². The molecule has 0 saturated heterocycles. The molecule has 1 saturated carbocycles. The molecule has 0 bridgehead atoms. The third kappa shape index (κ3) is 1.19. The summed E-state index contributed by atoms with van der Waals surface area (Å²) in [5.41, 5.74) is 8.52. The summed E-state index contributed by atoms with van der Waals surface area (Å²) in [6, 6.07) is 2.18. The van der Waals surface area contributed by atoms with Crippen LogP contribution in [0.1, 0.15) is 31.2 Å². The Morgan fingerprint density at radius 3 is 2.57 bits per heavy atom. The number of rotatable bonds is 2. The maximum Gasteiger partial charge on any atom is 0.0667 e. The second-order valence-electron chi connectivity index (χ2n) is 4.98. The van der Waals surface area contributed by atoms with Crippen molar-refractivity contribution < 1.29 is 0 Å². The molecular weight excluding hydrogens is 174 g/mol. The van der Waals surface area contributed by atoms with Crippen molar-refractivity contribution in [3.63, 3.8) is 0 Å². The molecule has 78 valence electrons. The Kier molecular flexibility index (Phi) is 1.96. The van der Waals surface area contributed by atoms with Crippen molar-refractivity contribution in [2.24, 2.45) is 24.1 Å². The number of hydrogen-bond acceptors (Lipinski definition) is 2. The van der Waals surface area contributed by atoms with Gasteiger partial charge in [-0.2, -0.15) is 5.10 Å². The maximum absolute atomic E-state index is 5.75. The Bertz CT molecular complexity index is 332. The minimum Gasteiger partial charge on any atom is -0.330 e. The highest BCUT2D eigenvalue weighted by atomic mass is 15.3. The van der Waals surface area contributed by atoms with E-state index in [1.54, 1.807) is 0 Å². The van der Waals surface area contributed by atoms with Gasteiger partial charge in [0.15, 0.2) is 0 Å². The molecule has 14 heavy (non-hydrogen) atoms. The fourth-order valence-electron chi connectivity index (χ4n) is 2.51. The number of nitrogens with two attached hydrogens (primary N) is 1. The molecule has 2 N–H and O–H groups in total. The van der Waals surface area contributed by atoms with Gasteiger partial charge in [-0.05, 0) is 30.9 Å². The van der Waals surface area contributed by atoms with Gasteiger partial charge in [0.1, 0.15) is 0 Å². The van der Waals surface area contributed by atoms with Crippen molar-refractivity contribution in [2.45, 2.75) is 26.7 Å². The Labute approximate surface area is 85.3 Å². The van der Waals surface area contributed by atoms with Gasteiger partial charge in [-0.1, -0.05) is 13.8 Å². The first kappa shape index (κ1) is 9.71. The molecule has 1 aromatic heterocycles. The average molecular weight is 193 g/mol. The van der Waals surface area contributed by atoms with E-state index < -0.39 is 0 Å². The molecule has 2 rings (SSSR count). The Morgan fingerprint density at radius 1 is 1.57 bits per heavy atom. The van der Waals surface area contributed by atoms with Crippen molar-refractivity contribution in [3.8, 4) is 0 Å². The van der Waals surface area contributed by atoms with E-state index in [0.29, 0.717) is 17.3 Å². The van der Waals surface area contributed by atoms with Crippen LogP contribution >= 0.6 is 0 Å². The van der Waals surface area contributed by atoms with Crippen molar-refractivity contribution in [1.82, 2.24) is 9.78 Å². The third-order valence-electron chi connectivity index (χ3n) is 3.76. The largest absolute Gasteiger partial charge is 0.330 e. The van der Waals surface area contributed by atoms with E-state index in [1.807, 2.05) is 11.7 Å². The van der Waals surface area contributed by atoms with Crippen LogP contribution in [0.3, 0.4) is 0 Å². The molecule has 1 aliphatic rings. The van der Waals surface area contributed by atoms with Crippen LogP contribution in [0.2, 0.25) is 0 Å². The normalized spacial score (nSPS) is 29.2. The van der Waals surface area contributed by atoms with Gasteiger partial charge in [-0.25, -0.2) is 0 Å². The molecular formula is C11H19N3. The highest BCUT2D eigenvalue weighted by Crippen LogP contribution is 2.63. The minimum atomic E-state index is 0.343. The topological polar surface area (TPSA) is 43.8 Å². The molecule has 0 spiro atoms. The number of aryl methyl sites for hydroxylation is 2.